The van der Waals surface area contributed by atoms with Crippen LogP contribution in [0.1, 0.15) is 29.3 Å². The Bertz CT molecular complexity index is 860. The number of anilines is 1. The van der Waals surface area contributed by atoms with Crippen LogP contribution in [0.2, 0.25) is 0 Å². The van der Waals surface area contributed by atoms with Crippen molar-refractivity contribution in [1.29, 1.82) is 0 Å². The SMILES string of the molecule is CCCOc1cccc(C(=O)Nc2ccc(OCc3ccccc3)cc2)c1. The molecule has 0 saturated carbocycles. The molecule has 0 spiro atoms. The van der Waals surface area contributed by atoms with Gasteiger partial charge in [-0.3, -0.25) is 4.79 Å². The Kier molecular flexibility index (Phi) is 6.47. The van der Waals surface area contributed by atoms with Crippen LogP contribution in [0.4, 0.5) is 5.69 Å². The van der Waals surface area contributed by atoms with Gasteiger partial charge in [-0.15, -0.1) is 0 Å². The minimum Gasteiger partial charge on any atom is -0.494 e. The smallest absolute Gasteiger partial charge is 0.255 e. The molecule has 0 unspecified atom stereocenters. The molecule has 0 saturated heterocycles. The van der Waals surface area contributed by atoms with E-state index < -0.39 is 0 Å². The van der Waals surface area contributed by atoms with Gasteiger partial charge in [0.15, 0.2) is 0 Å². The Morgan fingerprint density at radius 2 is 1.63 bits per heavy atom. The fourth-order valence-corrected chi connectivity index (χ4v) is 2.53. The van der Waals surface area contributed by atoms with E-state index in [0.717, 1.165) is 17.7 Å². The molecule has 3 rings (SSSR count). The van der Waals surface area contributed by atoms with Crippen LogP contribution >= 0.6 is 0 Å². The molecule has 0 aliphatic rings. The fourth-order valence-electron chi connectivity index (χ4n) is 2.53. The van der Waals surface area contributed by atoms with E-state index in [4.69, 9.17) is 9.47 Å². The highest BCUT2D eigenvalue weighted by Gasteiger charge is 2.07. The third-order valence-electron chi connectivity index (χ3n) is 3.93. The number of rotatable bonds is 8. The molecule has 0 bridgehead atoms. The van der Waals surface area contributed by atoms with E-state index in [1.807, 2.05) is 73.7 Å². The molecule has 0 radical (unpaired) electrons. The van der Waals surface area contributed by atoms with Crippen molar-refractivity contribution < 1.29 is 14.3 Å². The van der Waals surface area contributed by atoms with E-state index >= 15 is 0 Å². The van der Waals surface area contributed by atoms with E-state index in [-0.39, 0.29) is 5.91 Å². The number of carbonyl (C=O) groups is 1. The van der Waals surface area contributed by atoms with Gasteiger partial charge in [0.25, 0.3) is 5.91 Å². The third kappa shape index (κ3) is 5.61. The van der Waals surface area contributed by atoms with Crippen LogP contribution < -0.4 is 14.8 Å². The summed E-state index contributed by atoms with van der Waals surface area (Å²) in [4.78, 5) is 12.4. The molecule has 0 atom stereocenters. The zero-order chi connectivity index (χ0) is 18.9. The molecule has 0 fully saturated rings. The van der Waals surface area contributed by atoms with Crippen molar-refractivity contribution in [3.63, 3.8) is 0 Å². The second kappa shape index (κ2) is 9.43. The Balaban J connectivity index is 1.57. The molecule has 0 aromatic heterocycles. The second-order valence-corrected chi connectivity index (χ2v) is 6.13. The van der Waals surface area contributed by atoms with E-state index in [0.29, 0.717) is 30.2 Å². The van der Waals surface area contributed by atoms with Crippen molar-refractivity contribution in [3.05, 3.63) is 90.0 Å². The van der Waals surface area contributed by atoms with Crippen LogP contribution in [-0.2, 0) is 6.61 Å². The molecule has 3 aromatic carbocycles. The molecular formula is C23H23NO3. The topological polar surface area (TPSA) is 47.6 Å². The van der Waals surface area contributed by atoms with Gasteiger partial charge in [0, 0.05) is 11.3 Å². The Morgan fingerprint density at radius 3 is 2.37 bits per heavy atom. The first-order valence-electron chi connectivity index (χ1n) is 9.05. The normalized spacial score (nSPS) is 10.3. The maximum atomic E-state index is 12.4. The summed E-state index contributed by atoms with van der Waals surface area (Å²) in [5.41, 5.74) is 2.39. The lowest BCUT2D eigenvalue weighted by Crippen LogP contribution is -2.12. The van der Waals surface area contributed by atoms with Gasteiger partial charge in [0.2, 0.25) is 0 Å². The summed E-state index contributed by atoms with van der Waals surface area (Å²) in [6.07, 6.45) is 0.926. The number of amides is 1. The standard InChI is InChI=1S/C23H23NO3/c1-2-15-26-22-10-6-9-19(16-22)23(25)24-20-11-13-21(14-12-20)27-17-18-7-4-3-5-8-18/h3-14,16H,2,15,17H2,1H3,(H,24,25). The Morgan fingerprint density at radius 1 is 0.852 bits per heavy atom. The zero-order valence-electron chi connectivity index (χ0n) is 15.4. The van der Waals surface area contributed by atoms with Crippen LogP contribution in [0.3, 0.4) is 0 Å². The van der Waals surface area contributed by atoms with Gasteiger partial charge in [0.1, 0.15) is 18.1 Å². The summed E-state index contributed by atoms with van der Waals surface area (Å²) < 4.78 is 11.3. The fraction of sp³-hybridized carbons (Fsp3) is 0.174. The number of hydrogen-bond donors (Lipinski definition) is 1. The van der Waals surface area contributed by atoms with Gasteiger partial charge in [-0.2, -0.15) is 0 Å². The molecule has 0 heterocycles. The summed E-state index contributed by atoms with van der Waals surface area (Å²) in [6, 6.07) is 24.5. The monoisotopic (exact) mass is 361 g/mol. The van der Waals surface area contributed by atoms with Crippen molar-refractivity contribution >= 4 is 11.6 Å². The molecule has 4 nitrogen and oxygen atoms in total. The lowest BCUT2D eigenvalue weighted by atomic mass is 10.2. The minimum absolute atomic E-state index is 0.171. The lowest BCUT2D eigenvalue weighted by molar-refractivity contribution is 0.102. The van der Waals surface area contributed by atoms with Crippen LogP contribution in [0.15, 0.2) is 78.9 Å². The predicted octanol–water partition coefficient (Wildman–Crippen LogP) is 5.31. The lowest BCUT2D eigenvalue weighted by Gasteiger charge is -2.10. The molecule has 138 valence electrons. The van der Waals surface area contributed by atoms with Gasteiger partial charge in [-0.05, 0) is 54.4 Å². The Labute approximate surface area is 159 Å². The number of benzene rings is 3. The van der Waals surface area contributed by atoms with E-state index in [1.165, 1.54) is 0 Å². The highest BCUT2D eigenvalue weighted by molar-refractivity contribution is 6.04. The highest BCUT2D eigenvalue weighted by atomic mass is 16.5. The van der Waals surface area contributed by atoms with Crippen molar-refractivity contribution in [2.75, 3.05) is 11.9 Å². The summed E-state index contributed by atoms with van der Waals surface area (Å²) in [5.74, 6) is 1.29. The van der Waals surface area contributed by atoms with Gasteiger partial charge in [0.05, 0.1) is 6.61 Å². The van der Waals surface area contributed by atoms with Gasteiger partial charge >= 0.3 is 0 Å². The number of hydrogen-bond acceptors (Lipinski definition) is 3. The molecule has 4 heteroatoms. The zero-order valence-corrected chi connectivity index (χ0v) is 15.4. The number of nitrogens with one attached hydrogen (secondary N) is 1. The molecule has 1 N–H and O–H groups in total. The quantitative estimate of drug-likeness (QED) is 0.592. The van der Waals surface area contributed by atoms with E-state index in [1.54, 1.807) is 12.1 Å². The highest BCUT2D eigenvalue weighted by Crippen LogP contribution is 2.19. The van der Waals surface area contributed by atoms with Crippen molar-refractivity contribution in [2.45, 2.75) is 20.0 Å². The van der Waals surface area contributed by atoms with E-state index in [9.17, 15) is 4.79 Å². The van der Waals surface area contributed by atoms with Gasteiger partial charge in [-0.25, -0.2) is 0 Å². The van der Waals surface area contributed by atoms with Crippen LogP contribution in [0.25, 0.3) is 0 Å². The number of ether oxygens (including phenoxy) is 2. The summed E-state index contributed by atoms with van der Waals surface area (Å²) in [5, 5.41) is 2.89. The molecule has 3 aromatic rings. The van der Waals surface area contributed by atoms with Crippen LogP contribution in [0, 0.1) is 0 Å². The van der Waals surface area contributed by atoms with Crippen LogP contribution in [-0.4, -0.2) is 12.5 Å². The first-order chi connectivity index (χ1) is 13.2. The second-order valence-electron chi connectivity index (χ2n) is 6.13. The maximum absolute atomic E-state index is 12.4. The Hall–Kier alpha value is -3.27. The van der Waals surface area contributed by atoms with Gasteiger partial charge in [-0.1, -0.05) is 43.3 Å². The first kappa shape index (κ1) is 18.5. The minimum atomic E-state index is -0.171. The molecule has 27 heavy (non-hydrogen) atoms. The molecular weight excluding hydrogens is 338 g/mol. The largest absolute Gasteiger partial charge is 0.494 e. The van der Waals surface area contributed by atoms with Crippen molar-refractivity contribution in [1.82, 2.24) is 0 Å². The van der Waals surface area contributed by atoms with E-state index in [2.05, 4.69) is 5.32 Å². The number of carbonyl (C=O) groups excluding carboxylic acids is 1. The van der Waals surface area contributed by atoms with Gasteiger partial charge < -0.3 is 14.8 Å². The predicted molar refractivity (Wildman–Crippen MR) is 107 cm³/mol. The molecule has 0 aliphatic heterocycles. The summed E-state index contributed by atoms with van der Waals surface area (Å²) >= 11 is 0. The average Bonchev–Trinajstić information content (AvgIpc) is 2.72. The maximum Gasteiger partial charge on any atom is 0.255 e. The third-order valence-corrected chi connectivity index (χ3v) is 3.93. The molecule has 0 aliphatic carbocycles. The van der Waals surface area contributed by atoms with Crippen molar-refractivity contribution in [3.8, 4) is 11.5 Å². The van der Waals surface area contributed by atoms with Crippen LogP contribution in [0.5, 0.6) is 11.5 Å². The first-order valence-corrected chi connectivity index (χ1v) is 9.05. The molecule has 1 amide bonds. The summed E-state index contributed by atoms with van der Waals surface area (Å²) in [7, 11) is 0. The summed E-state index contributed by atoms with van der Waals surface area (Å²) in [6.45, 7) is 3.19. The average molecular weight is 361 g/mol. The van der Waals surface area contributed by atoms with Crippen molar-refractivity contribution in [2.24, 2.45) is 0 Å².